The first-order valence-electron chi connectivity index (χ1n) is 6.60. The van der Waals surface area contributed by atoms with Crippen molar-refractivity contribution in [2.24, 2.45) is 0 Å². The van der Waals surface area contributed by atoms with Crippen molar-refractivity contribution in [1.29, 1.82) is 0 Å². The maximum atomic E-state index is 11.5. The number of nitrogens with one attached hydrogen (secondary N) is 2. The van der Waals surface area contributed by atoms with Crippen molar-refractivity contribution in [1.82, 2.24) is 10.3 Å². The molecule has 0 saturated carbocycles. The zero-order valence-electron chi connectivity index (χ0n) is 11.4. The molecule has 0 bridgehead atoms. The Balaban J connectivity index is 1.71. The summed E-state index contributed by atoms with van der Waals surface area (Å²) in [4.78, 5) is 14.3. The lowest BCUT2D eigenvalue weighted by molar-refractivity contribution is 0.0185. The minimum Gasteiger partial charge on any atom is -0.445 e. The van der Waals surface area contributed by atoms with E-state index in [-0.39, 0.29) is 13.2 Å². The van der Waals surface area contributed by atoms with Crippen LogP contribution in [0.3, 0.4) is 0 Å². The fourth-order valence-electron chi connectivity index (χ4n) is 1.82. The molecular formula is C15H18N2O4. The maximum Gasteiger partial charge on any atom is 0.407 e. The van der Waals surface area contributed by atoms with Gasteiger partial charge in [0.05, 0.1) is 0 Å². The standard InChI is InChI=1S/C15H18N2O4/c18-13(14(19)12-6-7-16-8-12)9-17-15(20)21-10-11-4-2-1-3-5-11/h1-8,13-14,16,18-19H,9-10H2,(H,17,20). The van der Waals surface area contributed by atoms with Gasteiger partial charge in [-0.1, -0.05) is 30.3 Å². The van der Waals surface area contributed by atoms with Crippen LogP contribution in [0.1, 0.15) is 17.2 Å². The van der Waals surface area contributed by atoms with E-state index in [0.717, 1.165) is 5.56 Å². The number of carbonyl (C=O) groups excluding carboxylic acids is 1. The Hall–Kier alpha value is -2.31. The summed E-state index contributed by atoms with van der Waals surface area (Å²) in [6.07, 6.45) is 0.420. The van der Waals surface area contributed by atoms with E-state index in [1.165, 1.54) is 0 Å². The van der Waals surface area contributed by atoms with Crippen LogP contribution in [0.15, 0.2) is 48.8 Å². The molecule has 21 heavy (non-hydrogen) atoms. The number of carbonyl (C=O) groups is 1. The number of aromatic amines is 1. The van der Waals surface area contributed by atoms with Gasteiger partial charge in [0, 0.05) is 24.5 Å². The van der Waals surface area contributed by atoms with Crippen LogP contribution in [-0.2, 0) is 11.3 Å². The lowest BCUT2D eigenvalue weighted by Gasteiger charge is -2.17. The number of H-pyrrole nitrogens is 1. The third kappa shape index (κ3) is 4.62. The first kappa shape index (κ1) is 15.1. The van der Waals surface area contributed by atoms with E-state index in [9.17, 15) is 15.0 Å². The minimum atomic E-state index is -1.11. The number of hydrogen-bond acceptors (Lipinski definition) is 4. The number of alkyl carbamates (subject to hydrolysis) is 1. The lowest BCUT2D eigenvalue weighted by Crippen LogP contribution is -2.35. The van der Waals surface area contributed by atoms with Gasteiger partial charge >= 0.3 is 6.09 Å². The van der Waals surface area contributed by atoms with E-state index in [2.05, 4.69) is 10.3 Å². The fourth-order valence-corrected chi connectivity index (χ4v) is 1.82. The summed E-state index contributed by atoms with van der Waals surface area (Å²) in [5.74, 6) is 0. The van der Waals surface area contributed by atoms with Crippen LogP contribution in [0.4, 0.5) is 4.79 Å². The summed E-state index contributed by atoms with van der Waals surface area (Å²) in [5, 5.41) is 22.0. The van der Waals surface area contributed by atoms with Gasteiger partial charge < -0.3 is 25.3 Å². The molecule has 2 rings (SSSR count). The molecule has 0 spiro atoms. The average Bonchev–Trinajstić information content (AvgIpc) is 3.05. The number of ether oxygens (including phenoxy) is 1. The van der Waals surface area contributed by atoms with Gasteiger partial charge in [0.2, 0.25) is 0 Å². The van der Waals surface area contributed by atoms with Crippen LogP contribution in [-0.4, -0.2) is 33.9 Å². The minimum absolute atomic E-state index is 0.0973. The molecule has 112 valence electrons. The van der Waals surface area contributed by atoms with Crippen molar-refractivity contribution in [3.8, 4) is 0 Å². The van der Waals surface area contributed by atoms with E-state index in [1.54, 1.807) is 18.5 Å². The highest BCUT2D eigenvalue weighted by molar-refractivity contribution is 5.67. The molecule has 0 fully saturated rings. The highest BCUT2D eigenvalue weighted by Crippen LogP contribution is 2.15. The van der Waals surface area contributed by atoms with Crippen LogP contribution in [0, 0.1) is 0 Å². The summed E-state index contributed by atoms with van der Waals surface area (Å²) >= 11 is 0. The first-order chi connectivity index (χ1) is 10.2. The molecule has 1 amide bonds. The summed E-state index contributed by atoms with van der Waals surface area (Å²) in [6.45, 7) is 0.0586. The molecule has 4 N–H and O–H groups in total. The van der Waals surface area contributed by atoms with Gasteiger partial charge in [0.15, 0.2) is 0 Å². The van der Waals surface area contributed by atoms with Gasteiger partial charge in [0.1, 0.15) is 18.8 Å². The first-order valence-corrected chi connectivity index (χ1v) is 6.60. The van der Waals surface area contributed by atoms with Gasteiger partial charge in [-0.15, -0.1) is 0 Å². The molecule has 2 atom stereocenters. The normalized spacial score (nSPS) is 13.4. The Kier molecular flexibility index (Phi) is 5.36. The van der Waals surface area contributed by atoms with E-state index < -0.39 is 18.3 Å². The Morgan fingerprint density at radius 2 is 2.00 bits per heavy atom. The van der Waals surface area contributed by atoms with Gasteiger partial charge in [-0.3, -0.25) is 0 Å². The van der Waals surface area contributed by atoms with Crippen molar-refractivity contribution in [3.63, 3.8) is 0 Å². The summed E-state index contributed by atoms with van der Waals surface area (Å²) in [6, 6.07) is 10.9. The van der Waals surface area contributed by atoms with Crippen molar-refractivity contribution < 1.29 is 19.7 Å². The topological polar surface area (TPSA) is 94.6 Å². The molecular weight excluding hydrogens is 272 g/mol. The quantitative estimate of drug-likeness (QED) is 0.645. The molecule has 0 aliphatic rings. The van der Waals surface area contributed by atoms with E-state index in [4.69, 9.17) is 4.74 Å². The summed E-state index contributed by atoms with van der Waals surface area (Å²) < 4.78 is 5.00. The van der Waals surface area contributed by atoms with E-state index in [0.29, 0.717) is 5.56 Å². The molecule has 6 heteroatoms. The van der Waals surface area contributed by atoms with Crippen LogP contribution < -0.4 is 5.32 Å². The second-order valence-corrected chi connectivity index (χ2v) is 4.60. The second-order valence-electron chi connectivity index (χ2n) is 4.60. The average molecular weight is 290 g/mol. The summed E-state index contributed by atoms with van der Waals surface area (Å²) in [7, 11) is 0. The Labute approximate surface area is 122 Å². The maximum absolute atomic E-state index is 11.5. The van der Waals surface area contributed by atoms with Crippen molar-refractivity contribution >= 4 is 6.09 Å². The third-order valence-corrected chi connectivity index (χ3v) is 3.00. The molecule has 0 aliphatic carbocycles. The SMILES string of the molecule is O=C(NCC(O)C(O)c1cc[nH]c1)OCc1ccccc1. The predicted octanol–water partition coefficient (Wildman–Crippen LogP) is 1.34. The lowest BCUT2D eigenvalue weighted by atomic mass is 10.1. The van der Waals surface area contributed by atoms with Crippen molar-refractivity contribution in [2.45, 2.75) is 18.8 Å². The van der Waals surface area contributed by atoms with Gasteiger partial charge in [-0.25, -0.2) is 4.79 Å². The molecule has 0 saturated heterocycles. The van der Waals surface area contributed by atoms with Gasteiger partial charge in [0.25, 0.3) is 0 Å². The Bertz CT molecular complexity index is 542. The summed E-state index contributed by atoms with van der Waals surface area (Å²) in [5.41, 5.74) is 1.43. The molecule has 2 aromatic rings. The van der Waals surface area contributed by atoms with Crippen LogP contribution in [0.2, 0.25) is 0 Å². The second kappa shape index (κ2) is 7.47. The van der Waals surface area contributed by atoms with Crippen LogP contribution >= 0.6 is 0 Å². The number of benzene rings is 1. The molecule has 2 unspecified atom stereocenters. The largest absolute Gasteiger partial charge is 0.445 e. The molecule has 0 radical (unpaired) electrons. The monoisotopic (exact) mass is 290 g/mol. The highest BCUT2D eigenvalue weighted by atomic mass is 16.5. The van der Waals surface area contributed by atoms with Crippen LogP contribution in [0.5, 0.6) is 0 Å². The zero-order valence-corrected chi connectivity index (χ0v) is 11.4. The predicted molar refractivity (Wildman–Crippen MR) is 76.4 cm³/mol. The van der Waals surface area contributed by atoms with Crippen LogP contribution in [0.25, 0.3) is 0 Å². The van der Waals surface area contributed by atoms with E-state index >= 15 is 0 Å². The number of aromatic nitrogens is 1. The Morgan fingerprint density at radius 1 is 1.24 bits per heavy atom. The van der Waals surface area contributed by atoms with Crippen molar-refractivity contribution in [2.75, 3.05) is 6.54 Å². The fraction of sp³-hybridized carbons (Fsp3) is 0.267. The number of hydrogen-bond donors (Lipinski definition) is 4. The number of aliphatic hydroxyl groups is 2. The molecule has 6 nitrogen and oxygen atoms in total. The number of rotatable bonds is 6. The number of aliphatic hydroxyl groups excluding tert-OH is 2. The Morgan fingerprint density at radius 3 is 2.67 bits per heavy atom. The van der Waals surface area contributed by atoms with Gasteiger partial charge in [-0.05, 0) is 11.6 Å². The number of amides is 1. The molecule has 1 aromatic carbocycles. The van der Waals surface area contributed by atoms with Gasteiger partial charge in [-0.2, -0.15) is 0 Å². The van der Waals surface area contributed by atoms with Crippen molar-refractivity contribution in [3.05, 3.63) is 59.9 Å². The zero-order chi connectivity index (χ0) is 15.1. The molecule has 0 aliphatic heterocycles. The van der Waals surface area contributed by atoms with E-state index in [1.807, 2.05) is 30.3 Å². The highest BCUT2D eigenvalue weighted by Gasteiger charge is 2.19. The molecule has 1 aromatic heterocycles. The molecule has 1 heterocycles. The third-order valence-electron chi connectivity index (χ3n) is 3.00. The smallest absolute Gasteiger partial charge is 0.407 e.